The van der Waals surface area contributed by atoms with Crippen molar-refractivity contribution in [3.05, 3.63) is 53.6 Å². The molecule has 1 aliphatic heterocycles. The van der Waals surface area contributed by atoms with Crippen LogP contribution in [0.4, 0.5) is 15.3 Å². The van der Waals surface area contributed by atoms with Crippen LogP contribution in [-0.2, 0) is 11.3 Å². The van der Waals surface area contributed by atoms with Gasteiger partial charge >= 0.3 is 11.3 Å². The summed E-state index contributed by atoms with van der Waals surface area (Å²) < 4.78 is 15.8. The van der Waals surface area contributed by atoms with E-state index >= 15 is 0 Å². The number of rotatable bonds is 8. The standard InChI is InChI=1S/C22H25N3O5S/c1-4-29-20-12-16(8-11-19(20)28-3)18-14-31-22(27)25(24-18)13-15-6-9-17(10-7-15)23-21(26)30-5-2/h6-12H,4-5,13-14H2,1-3H3,(H,23,26). The van der Waals surface area contributed by atoms with Gasteiger partial charge in [0.2, 0.25) is 0 Å². The van der Waals surface area contributed by atoms with E-state index in [0.29, 0.717) is 42.7 Å². The summed E-state index contributed by atoms with van der Waals surface area (Å²) in [5.41, 5.74) is 3.17. The van der Waals surface area contributed by atoms with Gasteiger partial charge in [0.25, 0.3) is 0 Å². The van der Waals surface area contributed by atoms with Gasteiger partial charge in [-0.1, -0.05) is 23.9 Å². The molecule has 0 atom stereocenters. The molecular weight excluding hydrogens is 418 g/mol. The number of hydrogen-bond donors (Lipinski definition) is 1. The average molecular weight is 444 g/mol. The highest BCUT2D eigenvalue weighted by atomic mass is 32.2. The lowest BCUT2D eigenvalue weighted by molar-refractivity contribution is 0.168. The molecule has 0 saturated carbocycles. The molecule has 0 fully saturated rings. The van der Waals surface area contributed by atoms with E-state index in [-0.39, 0.29) is 5.24 Å². The number of hydrogen-bond acceptors (Lipinski definition) is 7. The second-order valence-corrected chi connectivity index (χ2v) is 7.43. The molecule has 0 aromatic heterocycles. The molecule has 3 rings (SSSR count). The second-order valence-electron chi connectivity index (χ2n) is 6.50. The zero-order chi connectivity index (χ0) is 22.2. The Morgan fingerprint density at radius 2 is 1.90 bits per heavy atom. The number of carbonyl (C=O) groups is 2. The van der Waals surface area contributed by atoms with Gasteiger partial charge in [-0.3, -0.25) is 10.1 Å². The van der Waals surface area contributed by atoms with E-state index in [0.717, 1.165) is 16.8 Å². The van der Waals surface area contributed by atoms with Crippen LogP contribution in [0.15, 0.2) is 47.6 Å². The number of nitrogens with zero attached hydrogens (tertiary/aromatic N) is 2. The lowest BCUT2D eigenvalue weighted by atomic mass is 10.1. The van der Waals surface area contributed by atoms with Crippen molar-refractivity contribution in [3.8, 4) is 11.5 Å². The first kappa shape index (κ1) is 22.5. The van der Waals surface area contributed by atoms with Gasteiger partial charge in [0, 0.05) is 17.0 Å². The average Bonchev–Trinajstić information content (AvgIpc) is 2.77. The van der Waals surface area contributed by atoms with Crippen molar-refractivity contribution in [2.75, 3.05) is 31.4 Å². The Kier molecular flexibility index (Phi) is 7.77. The van der Waals surface area contributed by atoms with E-state index < -0.39 is 6.09 Å². The van der Waals surface area contributed by atoms with Crippen molar-refractivity contribution in [1.29, 1.82) is 0 Å². The first-order chi connectivity index (χ1) is 15.0. The molecule has 8 nitrogen and oxygen atoms in total. The minimum atomic E-state index is -0.502. The van der Waals surface area contributed by atoms with Crippen molar-refractivity contribution < 1.29 is 23.8 Å². The molecule has 1 heterocycles. The number of anilines is 1. The predicted molar refractivity (Wildman–Crippen MR) is 121 cm³/mol. The zero-order valence-electron chi connectivity index (χ0n) is 17.7. The zero-order valence-corrected chi connectivity index (χ0v) is 18.5. The number of carbonyl (C=O) groups excluding carboxylic acids is 2. The summed E-state index contributed by atoms with van der Waals surface area (Å²) in [6, 6.07) is 12.8. The van der Waals surface area contributed by atoms with Crippen molar-refractivity contribution >= 4 is 34.5 Å². The Labute approximate surface area is 185 Å². The summed E-state index contributed by atoms with van der Waals surface area (Å²) in [5, 5.41) is 8.55. The molecule has 1 N–H and O–H groups in total. The van der Waals surface area contributed by atoms with E-state index in [1.54, 1.807) is 26.2 Å². The molecule has 2 amide bonds. The minimum Gasteiger partial charge on any atom is -0.493 e. The lowest BCUT2D eigenvalue weighted by Crippen LogP contribution is -2.29. The summed E-state index contributed by atoms with van der Waals surface area (Å²) in [6.45, 7) is 4.80. The third-order valence-corrected chi connectivity index (χ3v) is 5.26. The van der Waals surface area contributed by atoms with Gasteiger partial charge in [-0.15, -0.1) is 0 Å². The Bertz CT molecular complexity index is 962. The molecule has 0 unspecified atom stereocenters. The largest absolute Gasteiger partial charge is 0.493 e. The Morgan fingerprint density at radius 3 is 2.58 bits per heavy atom. The van der Waals surface area contributed by atoms with Gasteiger partial charge in [-0.05, 0) is 49.7 Å². The van der Waals surface area contributed by atoms with Crippen LogP contribution in [0.25, 0.3) is 0 Å². The van der Waals surface area contributed by atoms with Crippen LogP contribution in [0.5, 0.6) is 11.5 Å². The summed E-state index contributed by atoms with van der Waals surface area (Å²) >= 11 is 1.21. The van der Waals surface area contributed by atoms with Crippen LogP contribution in [-0.4, -0.2) is 48.1 Å². The smallest absolute Gasteiger partial charge is 0.411 e. The fourth-order valence-electron chi connectivity index (χ4n) is 2.94. The third kappa shape index (κ3) is 5.91. The first-order valence-electron chi connectivity index (χ1n) is 9.89. The SMILES string of the molecule is CCOC(=O)Nc1ccc(CN2N=C(c3ccc(OC)c(OCC)c3)CSC2=O)cc1. The van der Waals surface area contributed by atoms with Crippen LogP contribution < -0.4 is 14.8 Å². The number of benzene rings is 2. The molecule has 0 saturated heterocycles. The Hall–Kier alpha value is -3.20. The summed E-state index contributed by atoms with van der Waals surface area (Å²) in [7, 11) is 1.60. The van der Waals surface area contributed by atoms with Crippen molar-refractivity contribution in [2.45, 2.75) is 20.4 Å². The molecule has 1 aliphatic rings. The first-order valence-corrected chi connectivity index (χ1v) is 10.9. The van der Waals surface area contributed by atoms with Crippen LogP contribution in [0, 0.1) is 0 Å². The molecule has 0 radical (unpaired) electrons. The maximum atomic E-state index is 12.4. The van der Waals surface area contributed by atoms with Gasteiger partial charge in [-0.25, -0.2) is 9.80 Å². The number of amides is 2. The third-order valence-electron chi connectivity index (χ3n) is 4.39. The topological polar surface area (TPSA) is 89.5 Å². The van der Waals surface area contributed by atoms with Gasteiger partial charge in [-0.2, -0.15) is 5.10 Å². The van der Waals surface area contributed by atoms with E-state index in [4.69, 9.17) is 14.2 Å². The number of hydrazone groups is 1. The van der Waals surface area contributed by atoms with Crippen LogP contribution in [0.3, 0.4) is 0 Å². The van der Waals surface area contributed by atoms with Crippen LogP contribution >= 0.6 is 11.8 Å². The molecule has 2 aromatic carbocycles. The van der Waals surface area contributed by atoms with Gasteiger partial charge in [0.15, 0.2) is 11.5 Å². The number of ether oxygens (including phenoxy) is 3. The van der Waals surface area contributed by atoms with Crippen molar-refractivity contribution in [1.82, 2.24) is 5.01 Å². The summed E-state index contributed by atoms with van der Waals surface area (Å²) in [5.74, 6) is 1.78. The van der Waals surface area contributed by atoms with E-state index in [1.807, 2.05) is 37.3 Å². The predicted octanol–water partition coefficient (Wildman–Crippen LogP) is 4.74. The van der Waals surface area contributed by atoms with E-state index in [1.165, 1.54) is 16.8 Å². The highest BCUT2D eigenvalue weighted by Crippen LogP contribution is 2.30. The Morgan fingerprint density at radius 1 is 1.13 bits per heavy atom. The van der Waals surface area contributed by atoms with Gasteiger partial charge < -0.3 is 14.2 Å². The van der Waals surface area contributed by atoms with Crippen LogP contribution in [0.2, 0.25) is 0 Å². The van der Waals surface area contributed by atoms with Crippen molar-refractivity contribution in [2.24, 2.45) is 5.10 Å². The van der Waals surface area contributed by atoms with Crippen molar-refractivity contribution in [3.63, 3.8) is 0 Å². The minimum absolute atomic E-state index is 0.115. The highest BCUT2D eigenvalue weighted by Gasteiger charge is 2.23. The number of methoxy groups -OCH3 is 1. The monoisotopic (exact) mass is 443 g/mol. The molecule has 9 heteroatoms. The van der Waals surface area contributed by atoms with Crippen LogP contribution in [0.1, 0.15) is 25.0 Å². The molecule has 0 spiro atoms. The molecule has 0 aliphatic carbocycles. The summed E-state index contributed by atoms with van der Waals surface area (Å²) in [6.07, 6.45) is -0.502. The molecule has 0 bridgehead atoms. The second kappa shape index (κ2) is 10.7. The summed E-state index contributed by atoms with van der Waals surface area (Å²) in [4.78, 5) is 23.9. The molecule has 164 valence electrons. The fraction of sp³-hybridized carbons (Fsp3) is 0.318. The molecular formula is C22H25N3O5S. The molecule has 31 heavy (non-hydrogen) atoms. The van der Waals surface area contributed by atoms with E-state index in [2.05, 4.69) is 10.4 Å². The quantitative estimate of drug-likeness (QED) is 0.634. The lowest BCUT2D eigenvalue weighted by Gasteiger charge is -2.23. The maximum absolute atomic E-state index is 12.4. The highest BCUT2D eigenvalue weighted by molar-refractivity contribution is 8.14. The number of nitrogens with one attached hydrogen (secondary N) is 1. The maximum Gasteiger partial charge on any atom is 0.411 e. The number of thioether (sulfide) groups is 1. The fourth-order valence-corrected chi connectivity index (χ4v) is 3.68. The molecule has 2 aromatic rings. The Balaban J connectivity index is 1.74. The normalized spacial score (nSPS) is 13.5. The van der Waals surface area contributed by atoms with Gasteiger partial charge in [0.1, 0.15) is 0 Å². The van der Waals surface area contributed by atoms with Gasteiger partial charge in [0.05, 0.1) is 32.6 Å². The van der Waals surface area contributed by atoms with E-state index in [9.17, 15) is 9.59 Å².